The zero-order chi connectivity index (χ0) is 27.6. The fourth-order valence-corrected chi connectivity index (χ4v) is 5.70. The van der Waals surface area contributed by atoms with E-state index in [1.54, 1.807) is 0 Å². The predicted molar refractivity (Wildman–Crippen MR) is 176 cm³/mol. The van der Waals surface area contributed by atoms with Gasteiger partial charge in [-0.15, -0.1) is 0 Å². The average Bonchev–Trinajstić information content (AvgIpc) is 3.05. The maximum absolute atomic E-state index is 2.40. The Labute approximate surface area is 241 Å². The summed E-state index contributed by atoms with van der Waals surface area (Å²) in [5.41, 5.74) is 8.19. The topological polar surface area (TPSA) is 6.48 Å². The predicted octanol–water partition coefficient (Wildman–Crippen LogP) is 10.9. The minimum Gasteiger partial charge on any atom is -0.345 e. The number of rotatable bonds is 6. The van der Waals surface area contributed by atoms with Crippen molar-refractivity contribution in [2.75, 3.05) is 16.8 Å². The first-order valence-electron chi connectivity index (χ1n) is 14.0. The lowest BCUT2D eigenvalue weighted by Crippen LogP contribution is -2.11. The van der Waals surface area contributed by atoms with E-state index in [2.05, 4.69) is 175 Å². The highest BCUT2D eigenvalue weighted by Gasteiger charge is 2.17. The van der Waals surface area contributed by atoms with Crippen LogP contribution in [0, 0.1) is 0 Å². The molecule has 0 bridgehead atoms. The minimum atomic E-state index is 1.13. The summed E-state index contributed by atoms with van der Waals surface area (Å²) in [6.07, 6.45) is 0. The van der Waals surface area contributed by atoms with E-state index in [1.807, 2.05) is 6.07 Å². The van der Waals surface area contributed by atoms with Gasteiger partial charge in [-0.3, -0.25) is 0 Å². The van der Waals surface area contributed by atoms with Crippen molar-refractivity contribution in [2.45, 2.75) is 0 Å². The van der Waals surface area contributed by atoms with E-state index < -0.39 is 0 Å². The van der Waals surface area contributed by atoms with Crippen molar-refractivity contribution in [3.05, 3.63) is 164 Å². The summed E-state index contributed by atoms with van der Waals surface area (Å²) in [5.74, 6) is 0. The maximum Gasteiger partial charge on any atom is 0.0540 e. The van der Waals surface area contributed by atoms with Gasteiger partial charge < -0.3 is 9.80 Å². The van der Waals surface area contributed by atoms with Gasteiger partial charge in [-0.25, -0.2) is 0 Å². The van der Waals surface area contributed by atoms with E-state index in [9.17, 15) is 0 Å². The Morgan fingerprint density at radius 1 is 0.341 bits per heavy atom. The average molecular weight is 527 g/mol. The van der Waals surface area contributed by atoms with E-state index in [0.717, 1.165) is 11.4 Å². The van der Waals surface area contributed by atoms with Crippen molar-refractivity contribution in [3.63, 3.8) is 0 Å². The molecule has 0 aliphatic carbocycles. The maximum atomic E-state index is 2.40. The summed E-state index contributed by atoms with van der Waals surface area (Å²) in [6.45, 7) is 0. The van der Waals surface area contributed by atoms with Gasteiger partial charge in [0.15, 0.2) is 0 Å². The number of nitrogens with zero attached hydrogens (tertiary/aromatic N) is 2. The summed E-state index contributed by atoms with van der Waals surface area (Å²) in [4.78, 5) is 4.60. The molecule has 0 aliphatic rings. The van der Waals surface area contributed by atoms with Gasteiger partial charge in [0.05, 0.1) is 11.4 Å². The molecule has 7 rings (SSSR count). The van der Waals surface area contributed by atoms with Gasteiger partial charge in [0, 0.05) is 34.9 Å². The summed E-state index contributed by atoms with van der Waals surface area (Å²) < 4.78 is 0. The monoisotopic (exact) mass is 526 g/mol. The van der Waals surface area contributed by atoms with E-state index >= 15 is 0 Å². The molecule has 2 nitrogen and oxygen atoms in total. The molecule has 41 heavy (non-hydrogen) atoms. The van der Waals surface area contributed by atoms with Gasteiger partial charge >= 0.3 is 0 Å². The molecule has 196 valence electrons. The first-order chi connectivity index (χ1) is 20.3. The fraction of sp³-hybridized carbons (Fsp3) is 0.0256. The number of para-hydroxylation sites is 1. The van der Waals surface area contributed by atoms with Crippen LogP contribution in [-0.2, 0) is 0 Å². The zero-order valence-corrected chi connectivity index (χ0v) is 23.0. The number of anilines is 5. The quantitative estimate of drug-likeness (QED) is 0.213. The van der Waals surface area contributed by atoms with Gasteiger partial charge in [0.2, 0.25) is 0 Å². The second-order valence-electron chi connectivity index (χ2n) is 10.3. The summed E-state index contributed by atoms with van der Waals surface area (Å²) in [7, 11) is 2.11. The van der Waals surface area contributed by atoms with Crippen molar-refractivity contribution in [1.82, 2.24) is 0 Å². The lowest BCUT2D eigenvalue weighted by Gasteiger charge is -2.28. The van der Waals surface area contributed by atoms with Crippen molar-refractivity contribution in [3.8, 4) is 11.1 Å². The molecule has 2 heteroatoms. The molecule has 7 aromatic carbocycles. The standard InChI is InChI=1S/C39H30N2/c1-40(33-15-3-2-4-16-33)34-25-21-29(22-26-34)30-23-27-35(28-24-30)41(38-19-9-13-31-11-5-7-17-36(31)38)39-20-10-14-32-12-6-8-18-37(32)39/h2-28H,1H3. The van der Waals surface area contributed by atoms with E-state index in [-0.39, 0.29) is 0 Å². The van der Waals surface area contributed by atoms with Crippen molar-refractivity contribution in [1.29, 1.82) is 0 Å². The Balaban J connectivity index is 1.29. The molecule has 0 unspecified atom stereocenters. The van der Waals surface area contributed by atoms with Crippen LogP contribution in [0.5, 0.6) is 0 Å². The van der Waals surface area contributed by atoms with Gasteiger partial charge in [-0.05, 0) is 70.4 Å². The molecule has 0 N–H and O–H groups in total. The normalized spacial score (nSPS) is 11.0. The summed E-state index contributed by atoms with van der Waals surface area (Å²) in [6, 6.07) is 58.5. The van der Waals surface area contributed by atoms with Gasteiger partial charge in [-0.2, -0.15) is 0 Å². The first-order valence-corrected chi connectivity index (χ1v) is 14.0. The molecule has 0 heterocycles. The van der Waals surface area contributed by atoms with E-state index in [0.29, 0.717) is 0 Å². The van der Waals surface area contributed by atoms with Gasteiger partial charge in [0.25, 0.3) is 0 Å². The van der Waals surface area contributed by atoms with Crippen LogP contribution in [0.4, 0.5) is 28.4 Å². The van der Waals surface area contributed by atoms with Crippen molar-refractivity contribution in [2.24, 2.45) is 0 Å². The Morgan fingerprint density at radius 3 is 1.29 bits per heavy atom. The third kappa shape index (κ3) is 4.70. The Bertz CT molecular complexity index is 1850. The van der Waals surface area contributed by atoms with Crippen LogP contribution in [0.25, 0.3) is 32.7 Å². The van der Waals surface area contributed by atoms with E-state index in [1.165, 1.54) is 49.7 Å². The third-order valence-electron chi connectivity index (χ3n) is 7.87. The largest absolute Gasteiger partial charge is 0.345 e. The first kappa shape index (κ1) is 24.7. The SMILES string of the molecule is CN(c1ccccc1)c1ccc(-c2ccc(N(c3cccc4ccccc34)c3cccc4ccccc34)cc2)cc1. The molecule has 0 amide bonds. The molecule has 7 aromatic rings. The Hall–Kier alpha value is -5.34. The van der Waals surface area contributed by atoms with Crippen LogP contribution in [0.1, 0.15) is 0 Å². The van der Waals surface area contributed by atoms with Crippen LogP contribution < -0.4 is 9.80 Å². The minimum absolute atomic E-state index is 1.13. The highest BCUT2D eigenvalue weighted by molar-refractivity contribution is 6.04. The number of fused-ring (bicyclic) bond motifs is 2. The smallest absolute Gasteiger partial charge is 0.0540 e. The van der Waals surface area contributed by atoms with Crippen LogP contribution in [0.15, 0.2) is 164 Å². The number of benzene rings is 7. The van der Waals surface area contributed by atoms with Crippen LogP contribution in [0.3, 0.4) is 0 Å². The molecule has 0 aliphatic heterocycles. The molecule has 0 aromatic heterocycles. The Morgan fingerprint density at radius 2 is 0.756 bits per heavy atom. The van der Waals surface area contributed by atoms with Crippen LogP contribution in [0.2, 0.25) is 0 Å². The third-order valence-corrected chi connectivity index (χ3v) is 7.87. The highest BCUT2D eigenvalue weighted by atomic mass is 15.1. The van der Waals surface area contributed by atoms with Gasteiger partial charge in [0.1, 0.15) is 0 Å². The molecular weight excluding hydrogens is 496 g/mol. The number of hydrogen-bond acceptors (Lipinski definition) is 2. The van der Waals surface area contributed by atoms with Crippen molar-refractivity contribution < 1.29 is 0 Å². The second-order valence-corrected chi connectivity index (χ2v) is 10.3. The molecule has 0 atom stereocenters. The second kappa shape index (κ2) is 10.7. The van der Waals surface area contributed by atoms with Gasteiger partial charge in [-0.1, -0.05) is 115 Å². The number of hydrogen-bond donors (Lipinski definition) is 0. The lowest BCUT2D eigenvalue weighted by molar-refractivity contribution is 1.21. The highest BCUT2D eigenvalue weighted by Crippen LogP contribution is 2.42. The van der Waals surface area contributed by atoms with Crippen LogP contribution in [-0.4, -0.2) is 7.05 Å². The molecule has 0 radical (unpaired) electrons. The van der Waals surface area contributed by atoms with E-state index in [4.69, 9.17) is 0 Å². The molecule has 0 spiro atoms. The van der Waals surface area contributed by atoms with Crippen LogP contribution >= 0.6 is 0 Å². The molecule has 0 saturated heterocycles. The molecule has 0 fully saturated rings. The fourth-order valence-electron chi connectivity index (χ4n) is 5.70. The lowest BCUT2D eigenvalue weighted by atomic mass is 10.0. The van der Waals surface area contributed by atoms with Crippen molar-refractivity contribution >= 4 is 50.0 Å². The molecular formula is C39H30N2. The Kier molecular flexibility index (Phi) is 6.42. The summed E-state index contributed by atoms with van der Waals surface area (Å²) in [5, 5.41) is 4.91. The molecule has 0 saturated carbocycles. The summed E-state index contributed by atoms with van der Waals surface area (Å²) >= 11 is 0. The zero-order valence-electron chi connectivity index (χ0n) is 23.0.